The van der Waals surface area contributed by atoms with Crippen molar-refractivity contribution in [1.82, 2.24) is 4.57 Å². The molecule has 8 heteroatoms. The molecule has 2 amide bonds. The van der Waals surface area contributed by atoms with Gasteiger partial charge in [-0.05, 0) is 104 Å². The standard InChI is InChI=1S/C32H32N4O4/c1-21-20-24(9-14-28(21)36-18-15-27(37)16-19-36)31(39)33-25-10-5-22(6-11-25)30(38)23-7-12-26(13-8-23)34-32(40)29-4-3-17-35(29)2/h3-14,17,20,27,37H,15-16,18-19H2,1-2H3,(H,33,39)(H,34,40). The lowest BCUT2D eigenvalue weighted by molar-refractivity contribution is 0.101. The molecule has 3 aromatic carbocycles. The number of piperidine rings is 1. The van der Waals surface area contributed by atoms with Gasteiger partial charge in [0, 0.05) is 60.1 Å². The summed E-state index contributed by atoms with van der Waals surface area (Å²) >= 11 is 0. The minimum atomic E-state index is -0.233. The maximum atomic E-state index is 13.0. The molecule has 1 aliphatic heterocycles. The number of hydrogen-bond acceptors (Lipinski definition) is 5. The number of nitrogens with one attached hydrogen (secondary N) is 2. The Morgan fingerprint density at radius 1 is 0.775 bits per heavy atom. The molecule has 0 bridgehead atoms. The molecule has 0 unspecified atom stereocenters. The Labute approximate surface area is 233 Å². The third-order valence-electron chi connectivity index (χ3n) is 7.25. The number of aliphatic hydroxyl groups is 1. The van der Waals surface area contributed by atoms with Crippen LogP contribution in [-0.4, -0.2) is 46.5 Å². The smallest absolute Gasteiger partial charge is 0.272 e. The van der Waals surface area contributed by atoms with Gasteiger partial charge in [0.05, 0.1) is 6.10 Å². The molecule has 0 saturated carbocycles. The summed E-state index contributed by atoms with van der Waals surface area (Å²) < 4.78 is 1.74. The second kappa shape index (κ2) is 11.6. The van der Waals surface area contributed by atoms with Crippen LogP contribution < -0.4 is 15.5 Å². The van der Waals surface area contributed by atoms with Crippen molar-refractivity contribution in [3.05, 3.63) is 113 Å². The average molecular weight is 537 g/mol. The molecule has 0 spiro atoms. The second-order valence-electron chi connectivity index (χ2n) is 10.1. The predicted molar refractivity (Wildman–Crippen MR) is 156 cm³/mol. The molecule has 1 aliphatic rings. The number of aromatic nitrogens is 1. The van der Waals surface area contributed by atoms with Crippen molar-refractivity contribution in [2.45, 2.75) is 25.9 Å². The quantitative estimate of drug-likeness (QED) is 0.288. The number of carbonyl (C=O) groups is 3. The van der Waals surface area contributed by atoms with E-state index in [1.807, 2.05) is 25.1 Å². The summed E-state index contributed by atoms with van der Waals surface area (Å²) in [5.74, 6) is -0.608. The molecule has 3 N–H and O–H groups in total. The number of amides is 2. The Balaban J connectivity index is 1.19. The number of benzene rings is 3. The predicted octanol–water partition coefficient (Wildman–Crippen LogP) is 5.03. The lowest BCUT2D eigenvalue weighted by Gasteiger charge is -2.32. The molecule has 8 nitrogen and oxygen atoms in total. The topological polar surface area (TPSA) is 104 Å². The Morgan fingerprint density at radius 3 is 1.85 bits per heavy atom. The highest BCUT2D eigenvalue weighted by atomic mass is 16.3. The van der Waals surface area contributed by atoms with Crippen LogP contribution in [0.3, 0.4) is 0 Å². The van der Waals surface area contributed by atoms with E-state index < -0.39 is 0 Å². The lowest BCUT2D eigenvalue weighted by Crippen LogP contribution is -2.36. The molecule has 0 aliphatic carbocycles. The summed E-state index contributed by atoms with van der Waals surface area (Å²) in [6, 6.07) is 22.7. The molecular formula is C32H32N4O4. The van der Waals surface area contributed by atoms with Gasteiger partial charge in [-0.25, -0.2) is 0 Å². The molecule has 5 rings (SSSR count). The van der Waals surface area contributed by atoms with E-state index in [4.69, 9.17) is 0 Å². The molecule has 1 aromatic heterocycles. The van der Waals surface area contributed by atoms with Crippen LogP contribution in [0.5, 0.6) is 0 Å². The summed E-state index contributed by atoms with van der Waals surface area (Å²) in [6.07, 6.45) is 3.06. The molecule has 4 aromatic rings. The van der Waals surface area contributed by atoms with Crippen LogP contribution in [0.1, 0.15) is 55.2 Å². The number of ketones is 1. The van der Waals surface area contributed by atoms with E-state index in [2.05, 4.69) is 15.5 Å². The summed E-state index contributed by atoms with van der Waals surface area (Å²) in [7, 11) is 1.80. The van der Waals surface area contributed by atoms with Crippen molar-refractivity contribution < 1.29 is 19.5 Å². The van der Waals surface area contributed by atoms with E-state index >= 15 is 0 Å². The fourth-order valence-corrected chi connectivity index (χ4v) is 4.93. The Kier molecular flexibility index (Phi) is 7.79. The van der Waals surface area contributed by atoms with Gasteiger partial charge >= 0.3 is 0 Å². The number of rotatable bonds is 7. The number of anilines is 3. The first kappa shape index (κ1) is 26.9. The second-order valence-corrected chi connectivity index (χ2v) is 10.1. The number of aliphatic hydroxyl groups excluding tert-OH is 1. The lowest BCUT2D eigenvalue weighted by atomic mass is 10.0. The van der Waals surface area contributed by atoms with Crippen LogP contribution in [-0.2, 0) is 7.05 Å². The number of carbonyl (C=O) groups excluding carboxylic acids is 3. The maximum Gasteiger partial charge on any atom is 0.272 e. The van der Waals surface area contributed by atoms with Gasteiger partial charge in [-0.15, -0.1) is 0 Å². The third-order valence-corrected chi connectivity index (χ3v) is 7.25. The SMILES string of the molecule is Cc1cc(C(=O)Nc2ccc(C(=O)c3ccc(NC(=O)c4cccn4C)cc3)cc2)ccc1N1CCC(O)CC1. The zero-order valence-corrected chi connectivity index (χ0v) is 22.6. The first-order chi connectivity index (χ1) is 19.3. The van der Waals surface area contributed by atoms with Crippen molar-refractivity contribution in [3.8, 4) is 0 Å². The zero-order valence-electron chi connectivity index (χ0n) is 22.6. The van der Waals surface area contributed by atoms with Gasteiger partial charge in [-0.1, -0.05) is 0 Å². The van der Waals surface area contributed by atoms with Crippen LogP contribution >= 0.6 is 0 Å². The van der Waals surface area contributed by atoms with E-state index in [1.165, 1.54) is 0 Å². The van der Waals surface area contributed by atoms with Gasteiger partial charge < -0.3 is 25.2 Å². The minimum absolute atomic E-state index is 0.158. The molecule has 0 radical (unpaired) electrons. The van der Waals surface area contributed by atoms with Crippen molar-refractivity contribution in [2.75, 3.05) is 28.6 Å². The van der Waals surface area contributed by atoms with E-state index in [-0.39, 0.29) is 23.7 Å². The molecular weight excluding hydrogens is 504 g/mol. The summed E-state index contributed by atoms with van der Waals surface area (Å²) in [5.41, 5.74) is 5.35. The normalized spacial score (nSPS) is 13.6. The van der Waals surface area contributed by atoms with E-state index in [9.17, 15) is 19.5 Å². The van der Waals surface area contributed by atoms with Gasteiger partial charge in [0.15, 0.2) is 5.78 Å². The minimum Gasteiger partial charge on any atom is -0.393 e. The van der Waals surface area contributed by atoms with Crippen LogP contribution in [0, 0.1) is 6.92 Å². The highest BCUT2D eigenvalue weighted by molar-refractivity contribution is 6.10. The summed E-state index contributed by atoms with van der Waals surface area (Å²) in [6.45, 7) is 3.59. The Bertz CT molecular complexity index is 1530. The largest absolute Gasteiger partial charge is 0.393 e. The van der Waals surface area contributed by atoms with Crippen LogP contribution in [0.15, 0.2) is 85.1 Å². The fourth-order valence-electron chi connectivity index (χ4n) is 4.93. The highest BCUT2D eigenvalue weighted by Crippen LogP contribution is 2.25. The average Bonchev–Trinajstić information content (AvgIpc) is 3.40. The monoisotopic (exact) mass is 536 g/mol. The zero-order chi connectivity index (χ0) is 28.2. The van der Waals surface area contributed by atoms with Crippen LogP contribution in [0.2, 0.25) is 0 Å². The third kappa shape index (κ3) is 5.97. The number of aryl methyl sites for hydroxylation is 2. The van der Waals surface area contributed by atoms with Crippen LogP contribution in [0.4, 0.5) is 17.1 Å². The Morgan fingerprint density at radius 2 is 1.32 bits per heavy atom. The number of hydrogen-bond donors (Lipinski definition) is 3. The molecule has 2 heterocycles. The first-order valence-corrected chi connectivity index (χ1v) is 13.3. The summed E-state index contributed by atoms with van der Waals surface area (Å²) in [4.78, 5) is 40.5. The van der Waals surface area contributed by atoms with Gasteiger partial charge in [0.25, 0.3) is 11.8 Å². The van der Waals surface area contributed by atoms with E-state index in [1.54, 1.807) is 78.5 Å². The van der Waals surface area contributed by atoms with Crippen molar-refractivity contribution in [1.29, 1.82) is 0 Å². The first-order valence-electron chi connectivity index (χ1n) is 13.3. The molecule has 204 valence electrons. The maximum absolute atomic E-state index is 13.0. The molecule has 1 fully saturated rings. The van der Waals surface area contributed by atoms with Gasteiger partial charge in [-0.3, -0.25) is 14.4 Å². The van der Waals surface area contributed by atoms with E-state index in [0.29, 0.717) is 33.8 Å². The highest BCUT2D eigenvalue weighted by Gasteiger charge is 2.19. The summed E-state index contributed by atoms with van der Waals surface area (Å²) in [5, 5.41) is 15.5. The van der Waals surface area contributed by atoms with Crippen molar-refractivity contribution in [3.63, 3.8) is 0 Å². The van der Waals surface area contributed by atoms with Crippen LogP contribution in [0.25, 0.3) is 0 Å². The van der Waals surface area contributed by atoms with Crippen molar-refractivity contribution >= 4 is 34.7 Å². The van der Waals surface area contributed by atoms with Gasteiger partial charge in [0.1, 0.15) is 5.69 Å². The van der Waals surface area contributed by atoms with Crippen molar-refractivity contribution in [2.24, 2.45) is 7.05 Å². The number of nitrogens with zero attached hydrogens (tertiary/aromatic N) is 2. The Hall–Kier alpha value is -4.69. The molecule has 0 atom stereocenters. The fraction of sp³-hybridized carbons (Fsp3) is 0.219. The van der Waals surface area contributed by atoms with Gasteiger partial charge in [0.2, 0.25) is 0 Å². The molecule has 1 saturated heterocycles. The molecule has 40 heavy (non-hydrogen) atoms. The van der Waals surface area contributed by atoms with E-state index in [0.717, 1.165) is 37.2 Å². The van der Waals surface area contributed by atoms with Gasteiger partial charge in [-0.2, -0.15) is 0 Å².